The van der Waals surface area contributed by atoms with E-state index in [9.17, 15) is 14.4 Å². The van der Waals surface area contributed by atoms with Crippen LogP contribution >= 0.6 is 0 Å². The van der Waals surface area contributed by atoms with Crippen LogP contribution < -0.4 is 5.32 Å². The highest BCUT2D eigenvalue weighted by molar-refractivity contribution is 6.04. The molecule has 0 spiro atoms. The molecule has 2 heterocycles. The standard InChI is InChI=1S/C34H39N3O3/c1-24-13-9-11-19-36(24)33(39)28-21-29(34(40)37-20-12-10-14-25(37)2)23-30(22-28)35-32(38)31(26-15-5-3-6-16-26)27-17-7-4-8-18-27/h3-8,15-18,21-25,31H,9-14,19-20H2,1-2H3,(H,35,38). The third-order valence-corrected chi connectivity index (χ3v) is 8.35. The largest absolute Gasteiger partial charge is 0.336 e. The molecule has 40 heavy (non-hydrogen) atoms. The Kier molecular flexibility index (Phi) is 8.63. The van der Waals surface area contributed by atoms with Crippen LogP contribution in [-0.4, -0.2) is 52.7 Å². The normalized spacial score (nSPS) is 19.4. The molecule has 3 aromatic carbocycles. The average molecular weight is 538 g/mol. The van der Waals surface area contributed by atoms with E-state index in [1.54, 1.807) is 18.2 Å². The minimum absolute atomic E-state index is 0.0910. The van der Waals surface area contributed by atoms with Gasteiger partial charge in [-0.25, -0.2) is 0 Å². The van der Waals surface area contributed by atoms with Gasteiger partial charge in [0.1, 0.15) is 0 Å². The van der Waals surface area contributed by atoms with Crippen LogP contribution in [0.5, 0.6) is 0 Å². The van der Waals surface area contributed by atoms with Gasteiger partial charge in [-0.3, -0.25) is 14.4 Å². The Labute approximate surface area is 237 Å². The van der Waals surface area contributed by atoms with Gasteiger partial charge in [0.05, 0.1) is 5.92 Å². The van der Waals surface area contributed by atoms with Crippen molar-refractivity contribution in [3.05, 3.63) is 101 Å². The van der Waals surface area contributed by atoms with Crippen molar-refractivity contribution in [3.8, 4) is 0 Å². The fourth-order valence-electron chi connectivity index (χ4n) is 6.08. The number of likely N-dealkylation sites (tertiary alicyclic amines) is 2. The topological polar surface area (TPSA) is 69.7 Å². The van der Waals surface area contributed by atoms with Gasteiger partial charge in [0, 0.05) is 42.0 Å². The number of nitrogens with one attached hydrogen (secondary N) is 1. The molecular formula is C34H39N3O3. The predicted molar refractivity (Wildman–Crippen MR) is 158 cm³/mol. The highest BCUT2D eigenvalue weighted by atomic mass is 16.2. The van der Waals surface area contributed by atoms with Gasteiger partial charge in [-0.05, 0) is 81.7 Å². The minimum Gasteiger partial charge on any atom is -0.336 e. The molecule has 1 N–H and O–H groups in total. The molecule has 0 aromatic heterocycles. The van der Waals surface area contributed by atoms with E-state index in [1.165, 1.54) is 0 Å². The summed E-state index contributed by atoms with van der Waals surface area (Å²) in [4.78, 5) is 45.1. The second-order valence-electron chi connectivity index (χ2n) is 11.2. The van der Waals surface area contributed by atoms with Crippen LogP contribution in [0.4, 0.5) is 5.69 Å². The van der Waals surface area contributed by atoms with Gasteiger partial charge in [0.15, 0.2) is 0 Å². The Hall–Kier alpha value is -3.93. The molecule has 2 saturated heterocycles. The highest BCUT2D eigenvalue weighted by Gasteiger charge is 2.29. The van der Waals surface area contributed by atoms with Crippen molar-refractivity contribution >= 4 is 23.4 Å². The van der Waals surface area contributed by atoms with Crippen LogP contribution in [0.15, 0.2) is 78.9 Å². The number of piperidine rings is 2. The zero-order chi connectivity index (χ0) is 28.1. The van der Waals surface area contributed by atoms with Gasteiger partial charge >= 0.3 is 0 Å². The highest BCUT2D eigenvalue weighted by Crippen LogP contribution is 2.29. The number of hydrogen-bond acceptors (Lipinski definition) is 3. The van der Waals surface area contributed by atoms with Gasteiger partial charge in [0.25, 0.3) is 11.8 Å². The van der Waals surface area contributed by atoms with E-state index in [2.05, 4.69) is 19.2 Å². The van der Waals surface area contributed by atoms with E-state index >= 15 is 0 Å². The Morgan fingerprint density at radius 1 is 0.675 bits per heavy atom. The van der Waals surface area contributed by atoms with E-state index in [4.69, 9.17) is 0 Å². The molecule has 0 saturated carbocycles. The summed E-state index contributed by atoms with van der Waals surface area (Å²) in [5, 5.41) is 3.08. The first kappa shape index (κ1) is 27.6. The molecule has 2 atom stereocenters. The number of anilines is 1. The maximum absolute atomic E-state index is 13.9. The van der Waals surface area contributed by atoms with Crippen molar-refractivity contribution in [1.29, 1.82) is 0 Å². The van der Waals surface area contributed by atoms with Crippen molar-refractivity contribution < 1.29 is 14.4 Å². The molecule has 2 aliphatic heterocycles. The van der Waals surface area contributed by atoms with Crippen LogP contribution in [-0.2, 0) is 4.79 Å². The maximum atomic E-state index is 13.9. The molecule has 6 heteroatoms. The Bertz CT molecular complexity index is 1250. The van der Waals surface area contributed by atoms with Crippen LogP contribution in [0, 0.1) is 0 Å². The summed E-state index contributed by atoms with van der Waals surface area (Å²) in [6, 6.07) is 24.8. The first-order valence-corrected chi connectivity index (χ1v) is 14.6. The number of rotatable bonds is 6. The number of benzene rings is 3. The molecule has 0 bridgehead atoms. The van der Waals surface area contributed by atoms with Crippen LogP contribution in [0.25, 0.3) is 0 Å². The lowest BCUT2D eigenvalue weighted by atomic mass is 9.90. The summed E-state index contributed by atoms with van der Waals surface area (Å²) in [7, 11) is 0. The molecule has 5 rings (SSSR count). The first-order valence-electron chi connectivity index (χ1n) is 14.6. The third-order valence-electron chi connectivity index (χ3n) is 8.35. The molecule has 0 radical (unpaired) electrons. The molecule has 2 fully saturated rings. The zero-order valence-corrected chi connectivity index (χ0v) is 23.5. The van der Waals surface area contributed by atoms with Gasteiger partial charge in [-0.15, -0.1) is 0 Å². The van der Waals surface area contributed by atoms with Crippen molar-refractivity contribution in [3.63, 3.8) is 0 Å². The Morgan fingerprint density at radius 3 is 1.55 bits per heavy atom. The monoisotopic (exact) mass is 537 g/mol. The molecule has 3 aromatic rings. The number of carbonyl (C=O) groups is 3. The molecule has 208 valence electrons. The molecule has 2 unspecified atom stereocenters. The molecule has 6 nitrogen and oxygen atoms in total. The van der Waals surface area contributed by atoms with Crippen LogP contribution in [0.2, 0.25) is 0 Å². The van der Waals surface area contributed by atoms with Gasteiger partial charge in [-0.2, -0.15) is 0 Å². The smallest absolute Gasteiger partial charge is 0.254 e. The summed E-state index contributed by atoms with van der Waals surface area (Å²) in [6.45, 7) is 5.56. The lowest BCUT2D eigenvalue weighted by Gasteiger charge is -2.34. The van der Waals surface area contributed by atoms with E-state index < -0.39 is 5.92 Å². The predicted octanol–water partition coefficient (Wildman–Crippen LogP) is 6.49. The van der Waals surface area contributed by atoms with Crippen LogP contribution in [0.3, 0.4) is 0 Å². The zero-order valence-electron chi connectivity index (χ0n) is 23.5. The summed E-state index contributed by atoms with van der Waals surface area (Å²) >= 11 is 0. The maximum Gasteiger partial charge on any atom is 0.254 e. The van der Waals surface area contributed by atoms with E-state index in [1.807, 2.05) is 70.5 Å². The Balaban J connectivity index is 1.51. The quantitative estimate of drug-likeness (QED) is 0.391. The van der Waals surface area contributed by atoms with Crippen molar-refractivity contribution in [2.75, 3.05) is 18.4 Å². The lowest BCUT2D eigenvalue weighted by Crippen LogP contribution is -2.43. The van der Waals surface area contributed by atoms with E-state index in [0.717, 1.165) is 49.7 Å². The van der Waals surface area contributed by atoms with Gasteiger partial charge in [0.2, 0.25) is 5.91 Å². The van der Waals surface area contributed by atoms with Crippen molar-refractivity contribution in [2.24, 2.45) is 0 Å². The van der Waals surface area contributed by atoms with Gasteiger partial charge in [-0.1, -0.05) is 60.7 Å². The second kappa shape index (κ2) is 12.5. The minimum atomic E-state index is -0.537. The fraction of sp³-hybridized carbons (Fsp3) is 0.382. The van der Waals surface area contributed by atoms with E-state index in [0.29, 0.717) is 29.9 Å². The second-order valence-corrected chi connectivity index (χ2v) is 11.2. The number of carbonyl (C=O) groups excluding carboxylic acids is 3. The summed E-state index contributed by atoms with van der Waals surface area (Å²) in [6.07, 6.45) is 6.10. The van der Waals surface area contributed by atoms with Crippen LogP contribution in [0.1, 0.15) is 90.1 Å². The SMILES string of the molecule is CC1CCCCN1C(=O)c1cc(NC(=O)C(c2ccccc2)c2ccccc2)cc(C(=O)N2CCCCC2C)c1. The lowest BCUT2D eigenvalue weighted by molar-refractivity contribution is -0.116. The summed E-state index contributed by atoms with van der Waals surface area (Å²) in [5.74, 6) is -0.929. The van der Waals surface area contributed by atoms with Gasteiger partial charge < -0.3 is 15.1 Å². The molecular weight excluding hydrogens is 498 g/mol. The number of nitrogens with zero attached hydrogens (tertiary/aromatic N) is 2. The Morgan fingerprint density at radius 2 is 1.12 bits per heavy atom. The van der Waals surface area contributed by atoms with E-state index in [-0.39, 0.29) is 29.8 Å². The molecule has 3 amide bonds. The van der Waals surface area contributed by atoms with Crippen molar-refractivity contribution in [1.82, 2.24) is 9.80 Å². The summed E-state index contributed by atoms with van der Waals surface area (Å²) < 4.78 is 0. The first-order chi connectivity index (χ1) is 19.4. The third kappa shape index (κ3) is 6.11. The molecule has 0 aliphatic carbocycles. The van der Waals surface area contributed by atoms with Crippen molar-refractivity contribution in [2.45, 2.75) is 70.4 Å². The summed E-state index contributed by atoms with van der Waals surface area (Å²) in [5.41, 5.74) is 3.09. The molecule has 2 aliphatic rings. The number of hydrogen-bond donors (Lipinski definition) is 1. The number of amides is 3. The average Bonchev–Trinajstić information content (AvgIpc) is 2.98. The fourth-order valence-corrected chi connectivity index (χ4v) is 6.08.